The van der Waals surface area contributed by atoms with Crippen molar-refractivity contribution in [1.29, 1.82) is 0 Å². The minimum atomic E-state index is -0.406. The normalized spacial score (nSPS) is 10.8. The second-order valence-corrected chi connectivity index (χ2v) is 6.84. The van der Waals surface area contributed by atoms with Gasteiger partial charge in [0.25, 0.3) is 0 Å². The van der Waals surface area contributed by atoms with E-state index in [0.717, 1.165) is 16.6 Å². The Hall–Kier alpha value is -1.34. The SMILES string of the molecule is CCOc1cc(CNCCCO)cc(Br)c1OCc1c(F)cccc1Cl. The second-order valence-electron chi connectivity index (χ2n) is 5.58. The number of aliphatic hydroxyl groups excluding tert-OH is 1. The number of benzene rings is 2. The molecule has 0 saturated carbocycles. The summed E-state index contributed by atoms with van der Waals surface area (Å²) in [4.78, 5) is 0. The Morgan fingerprint density at radius 2 is 2.08 bits per heavy atom. The average Bonchev–Trinajstić information content (AvgIpc) is 2.60. The molecule has 0 spiro atoms. The summed E-state index contributed by atoms with van der Waals surface area (Å²) < 4.78 is 26.2. The maximum atomic E-state index is 13.9. The molecule has 0 aliphatic rings. The molecule has 0 unspecified atom stereocenters. The van der Waals surface area contributed by atoms with E-state index in [9.17, 15) is 4.39 Å². The number of rotatable bonds is 10. The van der Waals surface area contributed by atoms with Crippen LogP contribution in [0, 0.1) is 5.82 Å². The summed E-state index contributed by atoms with van der Waals surface area (Å²) in [5.74, 6) is 0.676. The van der Waals surface area contributed by atoms with Crippen LogP contribution in [-0.2, 0) is 13.2 Å². The third-order valence-corrected chi connectivity index (χ3v) is 4.58. The van der Waals surface area contributed by atoms with Crippen LogP contribution in [0.1, 0.15) is 24.5 Å². The number of hydrogen-bond donors (Lipinski definition) is 2. The molecule has 0 radical (unpaired) electrons. The Bertz CT molecular complexity index is 710. The number of hydrogen-bond acceptors (Lipinski definition) is 4. The number of halogens is 3. The molecule has 0 heterocycles. The van der Waals surface area contributed by atoms with Crippen LogP contribution in [0.15, 0.2) is 34.8 Å². The molecule has 0 fully saturated rings. The number of aliphatic hydroxyl groups is 1. The molecule has 26 heavy (non-hydrogen) atoms. The first-order chi connectivity index (χ1) is 12.6. The molecule has 0 bridgehead atoms. The predicted molar refractivity (Wildman–Crippen MR) is 104 cm³/mol. The van der Waals surface area contributed by atoms with E-state index in [4.69, 9.17) is 26.2 Å². The maximum Gasteiger partial charge on any atom is 0.175 e. The molecule has 0 aliphatic heterocycles. The van der Waals surface area contributed by atoms with Gasteiger partial charge in [-0.3, -0.25) is 0 Å². The van der Waals surface area contributed by atoms with Crippen LogP contribution in [0.25, 0.3) is 0 Å². The largest absolute Gasteiger partial charge is 0.490 e. The molecule has 2 aromatic carbocycles. The summed E-state index contributed by atoms with van der Waals surface area (Å²) in [6.45, 7) is 3.88. The van der Waals surface area contributed by atoms with Crippen molar-refractivity contribution in [3.8, 4) is 11.5 Å². The standard InChI is InChI=1S/C19H22BrClFNO3/c1-2-25-18-10-13(11-23-7-4-8-24)9-15(20)19(18)26-12-14-16(21)5-3-6-17(14)22/h3,5-6,9-10,23-24H,2,4,7-8,11-12H2,1H3. The van der Waals surface area contributed by atoms with Crippen LogP contribution in [0.4, 0.5) is 4.39 Å². The Kier molecular flexibility index (Phi) is 8.65. The first-order valence-electron chi connectivity index (χ1n) is 8.39. The highest BCUT2D eigenvalue weighted by Crippen LogP contribution is 2.38. The zero-order valence-electron chi connectivity index (χ0n) is 14.5. The predicted octanol–water partition coefficient (Wildman–Crippen LogP) is 4.69. The van der Waals surface area contributed by atoms with Gasteiger partial charge in [0.1, 0.15) is 12.4 Å². The number of nitrogens with one attached hydrogen (secondary N) is 1. The Labute approximate surface area is 166 Å². The first-order valence-corrected chi connectivity index (χ1v) is 9.56. The second kappa shape index (κ2) is 10.7. The molecule has 0 saturated heterocycles. The van der Waals surface area contributed by atoms with E-state index in [1.807, 2.05) is 19.1 Å². The molecular weight excluding hydrogens is 425 g/mol. The molecule has 0 aliphatic carbocycles. The smallest absolute Gasteiger partial charge is 0.175 e. The van der Waals surface area contributed by atoms with Crippen molar-refractivity contribution < 1.29 is 19.0 Å². The average molecular weight is 447 g/mol. The summed E-state index contributed by atoms with van der Waals surface area (Å²) in [5, 5.41) is 12.4. The lowest BCUT2D eigenvalue weighted by atomic mass is 10.2. The molecular formula is C19H22BrClFNO3. The molecule has 2 aromatic rings. The lowest BCUT2D eigenvalue weighted by Gasteiger charge is -2.16. The van der Waals surface area contributed by atoms with Crippen molar-refractivity contribution in [2.45, 2.75) is 26.5 Å². The maximum absolute atomic E-state index is 13.9. The number of ether oxygens (including phenoxy) is 2. The van der Waals surface area contributed by atoms with E-state index in [2.05, 4.69) is 21.2 Å². The lowest BCUT2D eigenvalue weighted by Crippen LogP contribution is -2.16. The van der Waals surface area contributed by atoms with Gasteiger partial charge in [0.15, 0.2) is 11.5 Å². The minimum Gasteiger partial charge on any atom is -0.490 e. The Balaban J connectivity index is 2.16. The third kappa shape index (κ3) is 5.84. The third-order valence-electron chi connectivity index (χ3n) is 3.63. The van der Waals surface area contributed by atoms with Crippen LogP contribution in [0.5, 0.6) is 11.5 Å². The lowest BCUT2D eigenvalue weighted by molar-refractivity contribution is 0.264. The van der Waals surface area contributed by atoms with Crippen LogP contribution < -0.4 is 14.8 Å². The van der Waals surface area contributed by atoms with Gasteiger partial charge >= 0.3 is 0 Å². The van der Waals surface area contributed by atoms with E-state index < -0.39 is 5.82 Å². The molecule has 7 heteroatoms. The van der Waals surface area contributed by atoms with E-state index in [1.165, 1.54) is 6.07 Å². The fourth-order valence-electron chi connectivity index (χ4n) is 2.38. The molecule has 4 nitrogen and oxygen atoms in total. The molecule has 0 atom stereocenters. The van der Waals surface area contributed by atoms with Crippen LogP contribution >= 0.6 is 27.5 Å². The van der Waals surface area contributed by atoms with Crippen molar-refractivity contribution in [1.82, 2.24) is 5.32 Å². The monoisotopic (exact) mass is 445 g/mol. The van der Waals surface area contributed by atoms with Gasteiger partial charge in [-0.05, 0) is 65.6 Å². The zero-order valence-corrected chi connectivity index (χ0v) is 16.9. The van der Waals surface area contributed by atoms with Crippen molar-refractivity contribution in [2.24, 2.45) is 0 Å². The fraction of sp³-hybridized carbons (Fsp3) is 0.368. The van der Waals surface area contributed by atoms with Gasteiger partial charge in [0, 0.05) is 18.7 Å². The summed E-state index contributed by atoms with van der Waals surface area (Å²) >= 11 is 9.56. The van der Waals surface area contributed by atoms with Gasteiger partial charge in [-0.25, -0.2) is 4.39 Å². The molecule has 0 amide bonds. The van der Waals surface area contributed by atoms with E-state index in [1.54, 1.807) is 12.1 Å². The highest BCUT2D eigenvalue weighted by Gasteiger charge is 2.15. The van der Waals surface area contributed by atoms with Gasteiger partial charge in [-0.1, -0.05) is 17.7 Å². The molecule has 0 aromatic heterocycles. The zero-order chi connectivity index (χ0) is 18.9. The van der Waals surface area contributed by atoms with Gasteiger partial charge < -0.3 is 19.9 Å². The summed E-state index contributed by atoms with van der Waals surface area (Å²) in [6.07, 6.45) is 0.698. The fourth-order valence-corrected chi connectivity index (χ4v) is 3.20. The topological polar surface area (TPSA) is 50.7 Å². The van der Waals surface area contributed by atoms with Crippen LogP contribution in [-0.4, -0.2) is 24.9 Å². The van der Waals surface area contributed by atoms with E-state index in [-0.39, 0.29) is 13.2 Å². The molecule has 142 valence electrons. The Morgan fingerprint density at radius 1 is 1.27 bits per heavy atom. The highest BCUT2D eigenvalue weighted by molar-refractivity contribution is 9.10. The van der Waals surface area contributed by atoms with Gasteiger partial charge in [-0.2, -0.15) is 0 Å². The van der Waals surface area contributed by atoms with Gasteiger partial charge in [-0.15, -0.1) is 0 Å². The first kappa shape index (κ1) is 21.0. The Morgan fingerprint density at radius 3 is 2.77 bits per heavy atom. The quantitative estimate of drug-likeness (QED) is 0.520. The highest BCUT2D eigenvalue weighted by atomic mass is 79.9. The minimum absolute atomic E-state index is 0.00171. The summed E-state index contributed by atoms with van der Waals surface area (Å²) in [6, 6.07) is 8.35. The van der Waals surface area contributed by atoms with Crippen molar-refractivity contribution in [3.63, 3.8) is 0 Å². The van der Waals surface area contributed by atoms with Gasteiger partial charge in [0.2, 0.25) is 0 Å². The van der Waals surface area contributed by atoms with Crippen LogP contribution in [0.3, 0.4) is 0 Å². The van der Waals surface area contributed by atoms with Crippen LogP contribution in [0.2, 0.25) is 5.02 Å². The summed E-state index contributed by atoms with van der Waals surface area (Å²) in [5.41, 5.74) is 1.31. The van der Waals surface area contributed by atoms with Crippen molar-refractivity contribution >= 4 is 27.5 Å². The summed E-state index contributed by atoms with van der Waals surface area (Å²) in [7, 11) is 0. The van der Waals surface area contributed by atoms with Gasteiger partial charge in [0.05, 0.1) is 16.1 Å². The van der Waals surface area contributed by atoms with Crippen molar-refractivity contribution in [3.05, 3.63) is 56.8 Å². The van der Waals surface area contributed by atoms with E-state index >= 15 is 0 Å². The van der Waals surface area contributed by atoms with E-state index in [0.29, 0.717) is 41.7 Å². The molecule has 2 N–H and O–H groups in total. The van der Waals surface area contributed by atoms with Crippen molar-refractivity contribution in [2.75, 3.05) is 19.8 Å². The molecule has 2 rings (SSSR count).